The smallest absolute Gasteiger partial charge is 0.394 e. The molecule has 3 saturated heterocycles. The van der Waals surface area contributed by atoms with Gasteiger partial charge in [-0.3, -0.25) is 28.6 Å². The molecule has 3 fully saturated rings. The van der Waals surface area contributed by atoms with E-state index >= 15 is 0 Å². The van der Waals surface area contributed by atoms with Gasteiger partial charge in [0.2, 0.25) is 0 Å². The molecule has 3 unspecified atom stereocenters. The molecule has 16 nitrogen and oxygen atoms in total. The molecule has 5 N–H and O–H groups in total. The minimum Gasteiger partial charge on any atom is -0.394 e. The lowest BCUT2D eigenvalue weighted by Gasteiger charge is -2.45. The summed E-state index contributed by atoms with van der Waals surface area (Å²) in [6.07, 6.45) is -5.94. The number of nitrogens with zero attached hydrogens (tertiary/aromatic N) is 3. The number of ether oxygens (including phenoxy) is 2. The number of amides is 3. The lowest BCUT2D eigenvalue weighted by Crippen LogP contribution is -2.67. The van der Waals surface area contributed by atoms with Gasteiger partial charge in [0.1, 0.15) is 36.8 Å². The van der Waals surface area contributed by atoms with Gasteiger partial charge in [-0.05, 0) is 19.4 Å². The van der Waals surface area contributed by atoms with E-state index in [1.807, 2.05) is 5.32 Å². The Morgan fingerprint density at radius 3 is 2.65 bits per heavy atom. The number of aryl methyl sites for hydroxylation is 1. The van der Waals surface area contributed by atoms with Crippen molar-refractivity contribution in [1.82, 2.24) is 19.8 Å². The molecule has 6 bridgehead atoms. The van der Waals surface area contributed by atoms with Gasteiger partial charge in [-0.15, -0.1) is 0 Å². The first-order valence-electron chi connectivity index (χ1n) is 11.5. The van der Waals surface area contributed by atoms with Gasteiger partial charge in [0, 0.05) is 19.0 Å². The third-order valence-electron chi connectivity index (χ3n) is 7.01. The van der Waals surface area contributed by atoms with Crippen LogP contribution in [-0.2, 0) is 27.9 Å². The van der Waals surface area contributed by atoms with Crippen LogP contribution in [-0.4, -0.2) is 96.1 Å². The van der Waals surface area contributed by atoms with Crippen molar-refractivity contribution in [1.29, 1.82) is 0 Å². The second-order valence-corrected chi connectivity index (χ2v) is 11.0. The van der Waals surface area contributed by atoms with Gasteiger partial charge >= 0.3 is 19.5 Å². The summed E-state index contributed by atoms with van der Waals surface area (Å²) in [4.78, 5) is 54.0. The van der Waals surface area contributed by atoms with Gasteiger partial charge in [0.15, 0.2) is 5.60 Å². The molecule has 5 aliphatic heterocycles. The molecule has 0 radical (unpaired) electrons. The van der Waals surface area contributed by atoms with Gasteiger partial charge in [-0.1, -0.05) is 0 Å². The van der Waals surface area contributed by atoms with Crippen LogP contribution in [0.3, 0.4) is 0 Å². The number of imide groups is 1. The maximum atomic E-state index is 13.1. The van der Waals surface area contributed by atoms with E-state index in [4.69, 9.17) is 18.5 Å². The molecule has 0 aromatic carbocycles. The molecule has 5 aliphatic rings. The topological polar surface area (TPSA) is 219 Å². The highest BCUT2D eigenvalue weighted by Gasteiger charge is 2.56. The van der Waals surface area contributed by atoms with Gasteiger partial charge < -0.3 is 29.7 Å². The number of phosphoric acid groups is 1. The van der Waals surface area contributed by atoms with Crippen LogP contribution in [0.1, 0.15) is 43.3 Å². The van der Waals surface area contributed by atoms with Crippen LogP contribution in [0.4, 0.5) is 4.79 Å². The quantitative estimate of drug-likeness (QED) is 0.245. The summed E-state index contributed by atoms with van der Waals surface area (Å²) < 4.78 is 35.4. The molecule has 17 heteroatoms. The molecule has 0 saturated carbocycles. The standard InChI is InChI=1S/C20H27N4O12P/c1-8-5-23-13-3-9(26)12(35-13)7-33-37(31,32)36-10-4-14(34-11(10)6-25)24-16(15(8)21-18(23)28)20(2,30)17(27)22-19(24)29/h5,9-14,16,25-26,30H,3-4,6-7H2,1-2H3,(H,31,32)(H,22,27,29)/t9-,10-,11+,12+,13+,14+,16?,20?/m0/s1. The molecule has 1 aromatic rings. The van der Waals surface area contributed by atoms with Gasteiger partial charge in [0.05, 0.1) is 25.0 Å². The fourth-order valence-electron chi connectivity index (χ4n) is 5.11. The van der Waals surface area contributed by atoms with Crippen LogP contribution in [0.2, 0.25) is 0 Å². The maximum Gasteiger partial charge on any atom is 0.472 e. The molecule has 6 rings (SSSR count). The molecule has 6 heterocycles. The predicted octanol–water partition coefficient (Wildman–Crippen LogP) is -1.83. The lowest BCUT2D eigenvalue weighted by atomic mass is 9.87. The van der Waals surface area contributed by atoms with E-state index in [0.717, 1.165) is 16.4 Å². The van der Waals surface area contributed by atoms with Gasteiger partial charge in [0.25, 0.3) is 5.91 Å². The lowest BCUT2D eigenvalue weighted by molar-refractivity contribution is -0.159. The fourth-order valence-corrected chi connectivity index (χ4v) is 6.07. The number of hydrogen-bond acceptors (Lipinski definition) is 12. The van der Waals surface area contributed by atoms with E-state index in [0.29, 0.717) is 5.56 Å². The van der Waals surface area contributed by atoms with Crippen molar-refractivity contribution in [3.63, 3.8) is 0 Å². The molecule has 0 aliphatic carbocycles. The molecule has 37 heavy (non-hydrogen) atoms. The number of rotatable bonds is 1. The highest BCUT2D eigenvalue weighted by Crippen LogP contribution is 2.49. The monoisotopic (exact) mass is 546 g/mol. The Labute approximate surface area is 209 Å². The molecule has 1 aromatic heterocycles. The van der Waals surface area contributed by atoms with Crippen molar-refractivity contribution in [3.05, 3.63) is 27.9 Å². The van der Waals surface area contributed by atoms with Crippen molar-refractivity contribution in [2.45, 2.75) is 75.2 Å². The highest BCUT2D eigenvalue weighted by molar-refractivity contribution is 7.47. The summed E-state index contributed by atoms with van der Waals surface area (Å²) in [5.74, 6) is -1.04. The molecule has 204 valence electrons. The van der Waals surface area contributed by atoms with Crippen LogP contribution in [0, 0.1) is 6.92 Å². The summed E-state index contributed by atoms with van der Waals surface area (Å²) in [6, 6.07) is -2.50. The fraction of sp³-hybridized carbons (Fsp3) is 0.700. The minimum atomic E-state index is -4.78. The predicted molar refractivity (Wildman–Crippen MR) is 118 cm³/mol. The first-order chi connectivity index (χ1) is 17.3. The summed E-state index contributed by atoms with van der Waals surface area (Å²) in [5, 5.41) is 33.5. The van der Waals surface area contributed by atoms with Crippen LogP contribution in [0.25, 0.3) is 0 Å². The Kier molecular flexibility index (Phi) is 6.54. The molecule has 3 amide bonds. The number of fused-ring (bicyclic) bond motifs is 5. The van der Waals surface area contributed by atoms with E-state index in [-0.39, 0.29) is 18.5 Å². The SMILES string of the molecule is Cc1cn2c(=O)nc1C1N(C(=O)NC(=O)C1(C)O)[C@H]1C[C@H](OP(=O)(O)OC[C@H]3O[C@@H]2C[C@@H]3O)[C@@H](CO)O1. The Morgan fingerprint density at radius 2 is 1.95 bits per heavy atom. The second-order valence-electron chi connectivity index (χ2n) is 9.60. The van der Waals surface area contributed by atoms with E-state index in [9.17, 15) is 39.2 Å². The highest BCUT2D eigenvalue weighted by atomic mass is 31.2. The van der Waals surface area contributed by atoms with Crippen LogP contribution >= 0.6 is 7.82 Å². The Morgan fingerprint density at radius 1 is 1.22 bits per heavy atom. The van der Waals surface area contributed by atoms with Crippen molar-refractivity contribution < 1.29 is 52.9 Å². The first-order valence-corrected chi connectivity index (χ1v) is 13.0. The largest absolute Gasteiger partial charge is 0.472 e. The zero-order valence-corrected chi connectivity index (χ0v) is 20.7. The van der Waals surface area contributed by atoms with E-state index in [1.165, 1.54) is 6.20 Å². The van der Waals surface area contributed by atoms with Crippen molar-refractivity contribution >= 4 is 19.8 Å². The van der Waals surface area contributed by atoms with Gasteiger partial charge in [-0.2, -0.15) is 4.98 Å². The average molecular weight is 546 g/mol. The number of urea groups is 1. The Hall–Kier alpha value is -2.27. The maximum absolute atomic E-state index is 13.1. The zero-order chi connectivity index (χ0) is 26.9. The van der Waals surface area contributed by atoms with Crippen molar-refractivity contribution in [3.8, 4) is 0 Å². The third-order valence-corrected chi connectivity index (χ3v) is 8.03. The van der Waals surface area contributed by atoms with E-state index in [2.05, 4.69) is 4.98 Å². The Bertz CT molecular complexity index is 1220. The van der Waals surface area contributed by atoms with Crippen molar-refractivity contribution in [2.75, 3.05) is 13.2 Å². The van der Waals surface area contributed by atoms with Crippen LogP contribution in [0.15, 0.2) is 11.0 Å². The summed E-state index contributed by atoms with van der Waals surface area (Å²) in [5.41, 5.74) is -2.92. The van der Waals surface area contributed by atoms with E-state index in [1.54, 1.807) is 6.92 Å². The zero-order valence-electron chi connectivity index (χ0n) is 19.8. The Balaban J connectivity index is 1.66. The summed E-state index contributed by atoms with van der Waals surface area (Å²) in [7, 11) is -4.78. The molecular weight excluding hydrogens is 519 g/mol. The number of hydrogen-bond donors (Lipinski definition) is 5. The third kappa shape index (κ3) is 4.51. The number of aliphatic hydroxyl groups is 3. The molecular formula is C20H27N4O12P. The average Bonchev–Trinajstić information content (AvgIpc) is 3.38. The second kappa shape index (κ2) is 9.18. The number of carbonyl (C=O) groups excluding carboxylic acids is 2. The molecule has 9 atom stereocenters. The van der Waals surface area contributed by atoms with Crippen molar-refractivity contribution in [2.24, 2.45) is 0 Å². The van der Waals surface area contributed by atoms with E-state index < -0.39 is 87.2 Å². The number of phosphoric ester groups is 1. The van der Waals surface area contributed by atoms with Crippen LogP contribution in [0.5, 0.6) is 0 Å². The minimum absolute atomic E-state index is 0.0652. The number of carbonyl (C=O) groups is 2. The summed E-state index contributed by atoms with van der Waals surface area (Å²) >= 11 is 0. The normalized spacial score (nSPS) is 42.1. The number of nitrogens with one attached hydrogen (secondary N) is 1. The first kappa shape index (κ1) is 26.3. The number of aromatic nitrogens is 2. The number of aliphatic hydroxyl groups excluding tert-OH is 2. The van der Waals surface area contributed by atoms with Crippen LogP contribution < -0.4 is 11.0 Å². The summed E-state index contributed by atoms with van der Waals surface area (Å²) in [6.45, 7) is 1.47. The molecule has 0 spiro atoms. The van der Waals surface area contributed by atoms with Gasteiger partial charge in [-0.25, -0.2) is 14.2 Å².